The Morgan fingerprint density at radius 1 is 1.15 bits per heavy atom. The smallest absolute Gasteiger partial charge is 0.292 e. The molecule has 20 heavy (non-hydrogen) atoms. The average Bonchev–Trinajstić information content (AvgIpc) is 2.39. The van der Waals surface area contributed by atoms with Crippen LogP contribution in [0.5, 0.6) is 0 Å². The molecule has 0 amide bonds. The van der Waals surface area contributed by atoms with Gasteiger partial charge in [0.1, 0.15) is 5.69 Å². The van der Waals surface area contributed by atoms with Gasteiger partial charge in [0, 0.05) is 21.4 Å². The number of ketones is 1. The number of carbonyl (C=O) groups excluding carboxylic acids is 1. The van der Waals surface area contributed by atoms with Crippen LogP contribution in [0.1, 0.15) is 17.3 Å². The zero-order valence-electron chi connectivity index (χ0n) is 10.7. The van der Waals surface area contributed by atoms with Crippen LogP contribution >= 0.6 is 11.8 Å². The van der Waals surface area contributed by atoms with Crippen LogP contribution in [0.3, 0.4) is 0 Å². The first-order valence-corrected chi connectivity index (χ1v) is 6.62. The third-order valence-corrected chi connectivity index (χ3v) is 3.69. The summed E-state index contributed by atoms with van der Waals surface area (Å²) in [5.41, 5.74) is 6.33. The first-order chi connectivity index (χ1) is 9.47. The highest BCUT2D eigenvalue weighted by Gasteiger charge is 2.11. The number of nitro groups is 1. The first-order valence-electron chi connectivity index (χ1n) is 5.80. The Morgan fingerprint density at radius 3 is 2.25 bits per heavy atom. The van der Waals surface area contributed by atoms with E-state index in [0.29, 0.717) is 5.56 Å². The van der Waals surface area contributed by atoms with E-state index < -0.39 is 4.92 Å². The van der Waals surface area contributed by atoms with Gasteiger partial charge >= 0.3 is 0 Å². The highest BCUT2D eigenvalue weighted by atomic mass is 32.2. The van der Waals surface area contributed by atoms with Gasteiger partial charge in [-0.1, -0.05) is 23.9 Å². The molecule has 0 heterocycles. The van der Waals surface area contributed by atoms with Gasteiger partial charge in [0.05, 0.1) is 4.92 Å². The van der Waals surface area contributed by atoms with Gasteiger partial charge in [-0.15, -0.1) is 0 Å². The molecule has 0 fully saturated rings. The maximum atomic E-state index is 11.2. The van der Waals surface area contributed by atoms with Crippen molar-refractivity contribution in [1.29, 1.82) is 0 Å². The van der Waals surface area contributed by atoms with Crippen LogP contribution in [0, 0.1) is 10.1 Å². The fraction of sp³-hybridized carbons (Fsp3) is 0.0714. The standard InChI is InChI=1S/C14H12N2O3S/c1-9(17)10-2-4-11(5-3-10)20-12-6-7-14(16(18)19)13(15)8-12/h2-8H,15H2,1H3. The SMILES string of the molecule is CC(=O)c1ccc(Sc2ccc([N+](=O)[O-])c(N)c2)cc1. The van der Waals surface area contributed by atoms with Crippen LogP contribution in [0.15, 0.2) is 52.3 Å². The number of hydrogen-bond acceptors (Lipinski definition) is 5. The van der Waals surface area contributed by atoms with Crippen molar-refractivity contribution in [2.75, 3.05) is 5.73 Å². The van der Waals surface area contributed by atoms with Gasteiger partial charge in [-0.05, 0) is 31.2 Å². The molecule has 0 atom stereocenters. The van der Waals surface area contributed by atoms with Crippen LogP contribution in [0.2, 0.25) is 0 Å². The van der Waals surface area contributed by atoms with E-state index in [-0.39, 0.29) is 17.2 Å². The summed E-state index contributed by atoms with van der Waals surface area (Å²) in [7, 11) is 0. The van der Waals surface area contributed by atoms with Crippen molar-refractivity contribution in [2.24, 2.45) is 0 Å². The normalized spacial score (nSPS) is 10.2. The van der Waals surface area contributed by atoms with Crippen molar-refractivity contribution in [3.63, 3.8) is 0 Å². The number of benzene rings is 2. The van der Waals surface area contributed by atoms with E-state index in [2.05, 4.69) is 0 Å². The van der Waals surface area contributed by atoms with E-state index in [1.54, 1.807) is 24.3 Å². The number of nitrogens with zero attached hydrogens (tertiary/aromatic N) is 1. The van der Waals surface area contributed by atoms with Gasteiger partial charge in [-0.3, -0.25) is 14.9 Å². The number of carbonyl (C=O) groups is 1. The molecule has 0 spiro atoms. The highest BCUT2D eigenvalue weighted by Crippen LogP contribution is 2.32. The average molecular weight is 288 g/mol. The Balaban J connectivity index is 2.19. The van der Waals surface area contributed by atoms with Crippen molar-refractivity contribution in [2.45, 2.75) is 16.7 Å². The van der Waals surface area contributed by atoms with Crippen molar-refractivity contribution in [1.82, 2.24) is 0 Å². The minimum atomic E-state index is -0.508. The van der Waals surface area contributed by atoms with E-state index >= 15 is 0 Å². The highest BCUT2D eigenvalue weighted by molar-refractivity contribution is 7.99. The van der Waals surface area contributed by atoms with Crippen molar-refractivity contribution < 1.29 is 9.72 Å². The van der Waals surface area contributed by atoms with Crippen molar-refractivity contribution >= 4 is 28.9 Å². The summed E-state index contributed by atoms with van der Waals surface area (Å²) < 4.78 is 0. The lowest BCUT2D eigenvalue weighted by Gasteiger charge is -2.04. The Kier molecular flexibility index (Phi) is 4.05. The molecular formula is C14H12N2O3S. The monoisotopic (exact) mass is 288 g/mol. The minimum Gasteiger partial charge on any atom is -0.393 e. The molecule has 0 radical (unpaired) electrons. The number of Topliss-reactive ketones (excluding diaryl/α,β-unsaturated/α-hetero) is 1. The fourth-order valence-corrected chi connectivity index (χ4v) is 2.52. The Labute approximate surface area is 119 Å². The summed E-state index contributed by atoms with van der Waals surface area (Å²) in [6.07, 6.45) is 0. The predicted molar refractivity (Wildman–Crippen MR) is 78.1 cm³/mol. The number of nitrogen functional groups attached to an aromatic ring is 1. The van der Waals surface area contributed by atoms with Gasteiger partial charge in [-0.25, -0.2) is 0 Å². The maximum absolute atomic E-state index is 11.2. The topological polar surface area (TPSA) is 86.2 Å². The largest absolute Gasteiger partial charge is 0.393 e. The molecule has 5 nitrogen and oxygen atoms in total. The number of hydrogen-bond donors (Lipinski definition) is 1. The molecule has 0 aliphatic carbocycles. The molecule has 0 aromatic heterocycles. The molecule has 2 aromatic carbocycles. The number of rotatable bonds is 4. The van der Waals surface area contributed by atoms with Crippen molar-refractivity contribution in [3.05, 3.63) is 58.1 Å². The number of nitro benzene ring substituents is 1. The lowest BCUT2D eigenvalue weighted by atomic mass is 10.2. The van der Waals surface area contributed by atoms with E-state index in [9.17, 15) is 14.9 Å². The van der Waals surface area contributed by atoms with Gasteiger partial charge in [0.2, 0.25) is 0 Å². The van der Waals surface area contributed by atoms with Gasteiger partial charge < -0.3 is 5.73 Å². The van der Waals surface area contributed by atoms with Crippen molar-refractivity contribution in [3.8, 4) is 0 Å². The molecule has 2 N–H and O–H groups in total. The lowest BCUT2D eigenvalue weighted by molar-refractivity contribution is -0.383. The summed E-state index contributed by atoms with van der Waals surface area (Å²) in [6, 6.07) is 11.8. The molecule has 2 rings (SSSR count). The molecule has 0 saturated heterocycles. The van der Waals surface area contributed by atoms with E-state index in [1.807, 2.05) is 12.1 Å². The Morgan fingerprint density at radius 2 is 1.75 bits per heavy atom. The molecule has 102 valence electrons. The summed E-state index contributed by atoms with van der Waals surface area (Å²) >= 11 is 1.43. The predicted octanol–water partition coefficient (Wildman–Crippen LogP) is 3.53. The fourth-order valence-electron chi connectivity index (χ4n) is 1.66. The quantitative estimate of drug-likeness (QED) is 0.402. The van der Waals surface area contributed by atoms with Crippen LogP contribution in [-0.2, 0) is 0 Å². The first kappa shape index (κ1) is 14.1. The second kappa shape index (κ2) is 5.75. The molecule has 0 aliphatic rings. The Hall–Kier alpha value is -2.34. The third kappa shape index (κ3) is 3.16. The van der Waals surface area contributed by atoms with Gasteiger partial charge in [-0.2, -0.15) is 0 Å². The van der Waals surface area contributed by atoms with Crippen LogP contribution in [0.25, 0.3) is 0 Å². The number of nitrogens with two attached hydrogens (primary N) is 1. The summed E-state index contributed by atoms with van der Waals surface area (Å²) in [5, 5.41) is 10.7. The molecule has 2 aromatic rings. The second-order valence-corrected chi connectivity index (χ2v) is 5.31. The summed E-state index contributed by atoms with van der Waals surface area (Å²) in [4.78, 5) is 23.1. The second-order valence-electron chi connectivity index (χ2n) is 4.16. The third-order valence-electron chi connectivity index (χ3n) is 2.69. The van der Waals surface area contributed by atoms with Gasteiger partial charge in [0.15, 0.2) is 5.78 Å². The lowest BCUT2D eigenvalue weighted by Crippen LogP contribution is -1.95. The van der Waals surface area contributed by atoms with E-state index in [0.717, 1.165) is 9.79 Å². The maximum Gasteiger partial charge on any atom is 0.292 e. The zero-order valence-corrected chi connectivity index (χ0v) is 11.5. The zero-order chi connectivity index (χ0) is 14.7. The molecule has 0 saturated carbocycles. The van der Waals surface area contributed by atoms with E-state index in [1.165, 1.54) is 24.8 Å². The molecule has 0 aliphatic heterocycles. The van der Waals surface area contributed by atoms with Crippen LogP contribution in [0.4, 0.5) is 11.4 Å². The van der Waals surface area contributed by atoms with E-state index in [4.69, 9.17) is 5.73 Å². The van der Waals surface area contributed by atoms with Crippen LogP contribution < -0.4 is 5.73 Å². The molecular weight excluding hydrogens is 276 g/mol. The minimum absolute atomic E-state index is 0.0149. The molecule has 6 heteroatoms. The Bertz CT molecular complexity index is 669. The summed E-state index contributed by atoms with van der Waals surface area (Å²) in [6.45, 7) is 1.51. The molecule has 0 bridgehead atoms. The summed E-state index contributed by atoms with van der Waals surface area (Å²) in [5.74, 6) is 0.0149. The van der Waals surface area contributed by atoms with Gasteiger partial charge in [0.25, 0.3) is 5.69 Å². The molecule has 0 unspecified atom stereocenters. The van der Waals surface area contributed by atoms with Crippen LogP contribution in [-0.4, -0.2) is 10.7 Å². The number of anilines is 1.